The number of amides is 2. The Morgan fingerprint density at radius 3 is 2.08 bits per heavy atom. The lowest BCUT2D eigenvalue weighted by atomic mass is 10.1. The largest absolute Gasteiger partial charge is 0.322 e. The van der Waals surface area contributed by atoms with Crippen LogP contribution in [0.4, 0.5) is 11.4 Å². The molecule has 0 bridgehead atoms. The number of aryl methyl sites for hydroxylation is 1. The van der Waals surface area contributed by atoms with Crippen LogP contribution >= 0.6 is 0 Å². The van der Waals surface area contributed by atoms with Crippen molar-refractivity contribution < 1.29 is 9.59 Å². The normalized spacial score (nSPS) is 10.1. The summed E-state index contributed by atoms with van der Waals surface area (Å²) in [6, 6.07) is 23.4. The second-order valence-corrected chi connectivity index (χ2v) is 5.67. The van der Waals surface area contributed by atoms with Gasteiger partial charge >= 0.3 is 0 Å². The number of hydrogen-bond acceptors (Lipinski definition) is 2. The minimum Gasteiger partial charge on any atom is -0.322 e. The Bertz CT molecular complexity index is 905. The lowest BCUT2D eigenvalue weighted by molar-refractivity contribution is 0.101. The minimum atomic E-state index is -0.217. The maximum atomic E-state index is 12.5. The van der Waals surface area contributed by atoms with E-state index < -0.39 is 0 Å². The van der Waals surface area contributed by atoms with Gasteiger partial charge in [-0.2, -0.15) is 0 Å². The molecule has 2 N–H and O–H groups in total. The van der Waals surface area contributed by atoms with E-state index in [1.54, 1.807) is 48.5 Å². The van der Waals surface area contributed by atoms with Crippen LogP contribution in [-0.4, -0.2) is 11.8 Å². The first-order valence-electron chi connectivity index (χ1n) is 7.97. The van der Waals surface area contributed by atoms with Crippen molar-refractivity contribution in [2.75, 3.05) is 10.6 Å². The average Bonchev–Trinajstić information content (AvgIpc) is 2.64. The van der Waals surface area contributed by atoms with Crippen LogP contribution in [0.3, 0.4) is 0 Å². The van der Waals surface area contributed by atoms with Crippen LogP contribution in [0, 0.1) is 6.92 Å². The van der Waals surface area contributed by atoms with Gasteiger partial charge in [-0.05, 0) is 48.9 Å². The Hall–Kier alpha value is -3.40. The van der Waals surface area contributed by atoms with Gasteiger partial charge in [0, 0.05) is 22.5 Å². The summed E-state index contributed by atoms with van der Waals surface area (Å²) in [4.78, 5) is 24.7. The minimum absolute atomic E-state index is 0.211. The predicted molar refractivity (Wildman–Crippen MR) is 100.0 cm³/mol. The first-order valence-corrected chi connectivity index (χ1v) is 7.97. The molecule has 0 radical (unpaired) electrons. The summed E-state index contributed by atoms with van der Waals surface area (Å²) >= 11 is 0. The van der Waals surface area contributed by atoms with Gasteiger partial charge in [0.25, 0.3) is 11.8 Å². The van der Waals surface area contributed by atoms with Gasteiger partial charge in [-0.25, -0.2) is 0 Å². The highest BCUT2D eigenvalue weighted by atomic mass is 16.2. The first kappa shape index (κ1) is 16.5. The zero-order chi connectivity index (χ0) is 17.6. The predicted octanol–water partition coefficient (Wildman–Crippen LogP) is 4.50. The van der Waals surface area contributed by atoms with Crippen molar-refractivity contribution >= 4 is 23.2 Å². The van der Waals surface area contributed by atoms with E-state index >= 15 is 0 Å². The molecule has 0 heterocycles. The van der Waals surface area contributed by atoms with E-state index in [1.807, 2.05) is 37.3 Å². The fraction of sp³-hybridized carbons (Fsp3) is 0.0476. The number of benzene rings is 3. The quantitative estimate of drug-likeness (QED) is 0.740. The SMILES string of the molecule is Cc1ccccc1NC(=O)c1cccc(NC(=O)c2ccccc2)c1. The molecule has 0 saturated carbocycles. The summed E-state index contributed by atoms with van der Waals surface area (Å²) in [5.41, 5.74) is 3.38. The van der Waals surface area contributed by atoms with Crippen molar-refractivity contribution in [3.05, 3.63) is 95.6 Å². The Morgan fingerprint density at radius 2 is 1.32 bits per heavy atom. The molecule has 0 atom stereocenters. The van der Waals surface area contributed by atoms with E-state index in [0.717, 1.165) is 11.3 Å². The lowest BCUT2D eigenvalue weighted by Gasteiger charge is -2.10. The molecule has 0 saturated heterocycles. The van der Waals surface area contributed by atoms with Gasteiger partial charge in [0.15, 0.2) is 0 Å². The van der Waals surface area contributed by atoms with Crippen LogP contribution in [0.5, 0.6) is 0 Å². The molecule has 0 spiro atoms. The van der Waals surface area contributed by atoms with Gasteiger partial charge in [0.2, 0.25) is 0 Å². The third-order valence-electron chi connectivity index (χ3n) is 3.81. The van der Waals surface area contributed by atoms with Gasteiger partial charge in [-0.1, -0.05) is 42.5 Å². The smallest absolute Gasteiger partial charge is 0.255 e. The molecular formula is C21H18N2O2. The second kappa shape index (κ2) is 7.45. The standard InChI is InChI=1S/C21H18N2O2/c1-15-8-5-6-13-19(15)23-21(25)17-11-7-12-18(14-17)22-20(24)16-9-3-2-4-10-16/h2-14H,1H3,(H,22,24)(H,23,25). The first-order chi connectivity index (χ1) is 12.1. The number of hydrogen-bond donors (Lipinski definition) is 2. The molecule has 3 aromatic rings. The second-order valence-electron chi connectivity index (χ2n) is 5.67. The number of rotatable bonds is 4. The van der Waals surface area contributed by atoms with Crippen molar-refractivity contribution in [2.24, 2.45) is 0 Å². The maximum Gasteiger partial charge on any atom is 0.255 e. The summed E-state index contributed by atoms with van der Waals surface area (Å²) < 4.78 is 0. The summed E-state index contributed by atoms with van der Waals surface area (Å²) in [6.07, 6.45) is 0. The van der Waals surface area contributed by atoms with Crippen molar-refractivity contribution in [3.8, 4) is 0 Å². The van der Waals surface area contributed by atoms with Crippen LogP contribution in [0.15, 0.2) is 78.9 Å². The Balaban J connectivity index is 1.74. The van der Waals surface area contributed by atoms with Gasteiger partial charge in [-0.15, -0.1) is 0 Å². The van der Waals surface area contributed by atoms with E-state index in [4.69, 9.17) is 0 Å². The van der Waals surface area contributed by atoms with Crippen LogP contribution in [0.2, 0.25) is 0 Å². The molecule has 0 aliphatic rings. The molecule has 0 aliphatic heterocycles. The van der Waals surface area contributed by atoms with Crippen molar-refractivity contribution in [3.63, 3.8) is 0 Å². The molecule has 0 fully saturated rings. The van der Waals surface area contributed by atoms with Gasteiger partial charge in [0.1, 0.15) is 0 Å². The average molecular weight is 330 g/mol. The zero-order valence-electron chi connectivity index (χ0n) is 13.8. The molecule has 2 amide bonds. The molecule has 3 rings (SSSR count). The van der Waals surface area contributed by atoms with Crippen molar-refractivity contribution in [1.82, 2.24) is 0 Å². The highest BCUT2D eigenvalue weighted by Gasteiger charge is 2.10. The number of anilines is 2. The number of carbonyl (C=O) groups is 2. The Labute approximate surface area is 146 Å². The third kappa shape index (κ3) is 4.12. The zero-order valence-corrected chi connectivity index (χ0v) is 13.8. The topological polar surface area (TPSA) is 58.2 Å². The molecule has 25 heavy (non-hydrogen) atoms. The van der Waals surface area contributed by atoms with Gasteiger partial charge < -0.3 is 10.6 Å². The fourth-order valence-electron chi connectivity index (χ4n) is 2.44. The van der Waals surface area contributed by atoms with Crippen molar-refractivity contribution in [2.45, 2.75) is 6.92 Å². The molecular weight excluding hydrogens is 312 g/mol. The maximum absolute atomic E-state index is 12.5. The monoisotopic (exact) mass is 330 g/mol. The van der Waals surface area contributed by atoms with E-state index in [9.17, 15) is 9.59 Å². The summed E-state index contributed by atoms with van der Waals surface area (Å²) in [6.45, 7) is 1.94. The van der Waals surface area contributed by atoms with E-state index in [2.05, 4.69) is 10.6 Å². The summed E-state index contributed by atoms with van der Waals surface area (Å²) in [5, 5.41) is 5.70. The summed E-state index contributed by atoms with van der Waals surface area (Å²) in [7, 11) is 0. The highest BCUT2D eigenvalue weighted by Crippen LogP contribution is 2.17. The molecule has 124 valence electrons. The molecule has 3 aromatic carbocycles. The number of carbonyl (C=O) groups excluding carboxylic acids is 2. The Morgan fingerprint density at radius 1 is 0.680 bits per heavy atom. The number of nitrogens with one attached hydrogen (secondary N) is 2. The van der Waals surface area contributed by atoms with Crippen molar-refractivity contribution in [1.29, 1.82) is 0 Å². The molecule has 4 nitrogen and oxygen atoms in total. The van der Waals surface area contributed by atoms with E-state index in [1.165, 1.54) is 0 Å². The third-order valence-corrected chi connectivity index (χ3v) is 3.81. The summed E-state index contributed by atoms with van der Waals surface area (Å²) in [5.74, 6) is -0.429. The molecule has 0 unspecified atom stereocenters. The number of para-hydroxylation sites is 1. The van der Waals surface area contributed by atoms with Gasteiger partial charge in [-0.3, -0.25) is 9.59 Å². The molecule has 0 aromatic heterocycles. The van der Waals surface area contributed by atoms with Crippen LogP contribution in [0.1, 0.15) is 26.3 Å². The van der Waals surface area contributed by atoms with E-state index in [-0.39, 0.29) is 11.8 Å². The van der Waals surface area contributed by atoms with Crippen LogP contribution in [-0.2, 0) is 0 Å². The van der Waals surface area contributed by atoms with Crippen LogP contribution < -0.4 is 10.6 Å². The highest BCUT2D eigenvalue weighted by molar-refractivity contribution is 6.07. The fourth-order valence-corrected chi connectivity index (χ4v) is 2.44. The lowest BCUT2D eigenvalue weighted by Crippen LogP contribution is -2.15. The molecule has 0 aliphatic carbocycles. The van der Waals surface area contributed by atoms with Crippen LogP contribution in [0.25, 0.3) is 0 Å². The van der Waals surface area contributed by atoms with Gasteiger partial charge in [0.05, 0.1) is 0 Å². The molecule has 4 heteroatoms. The van der Waals surface area contributed by atoms with E-state index in [0.29, 0.717) is 16.8 Å². The Kier molecular flexibility index (Phi) is 4.90.